The zero-order chi connectivity index (χ0) is 22.5. The van der Waals surface area contributed by atoms with Gasteiger partial charge in [-0.25, -0.2) is 9.78 Å². The Kier molecular flexibility index (Phi) is 11.0. The number of hydrogen-bond acceptors (Lipinski definition) is 6. The number of nitrogens with one attached hydrogen (secondary N) is 2. The van der Waals surface area contributed by atoms with Gasteiger partial charge in [0.2, 0.25) is 0 Å². The fourth-order valence-corrected chi connectivity index (χ4v) is 4.40. The molecular formula is C21H32N4O5S. The van der Waals surface area contributed by atoms with Crippen LogP contribution in [0.1, 0.15) is 57.8 Å². The topological polar surface area (TPSA) is 132 Å². The van der Waals surface area contributed by atoms with Crippen LogP contribution in [0.5, 0.6) is 0 Å². The Hall–Kier alpha value is -2.46. The van der Waals surface area contributed by atoms with Crippen molar-refractivity contribution in [1.82, 2.24) is 15.2 Å². The highest BCUT2D eigenvalue weighted by Crippen LogP contribution is 2.27. The number of carbonyl (C=O) groups excluding carboxylic acids is 1. The summed E-state index contributed by atoms with van der Waals surface area (Å²) in [6.45, 7) is 2.02. The molecule has 9 nitrogen and oxygen atoms in total. The summed E-state index contributed by atoms with van der Waals surface area (Å²) in [4.78, 5) is 38.8. The smallest absolute Gasteiger partial charge is 0.324 e. The second-order valence-electron chi connectivity index (χ2n) is 7.61. The summed E-state index contributed by atoms with van der Waals surface area (Å²) in [5.41, 5.74) is 0. The number of thiazole rings is 1. The zero-order valence-corrected chi connectivity index (χ0v) is 18.5. The molecule has 2 fully saturated rings. The van der Waals surface area contributed by atoms with Crippen molar-refractivity contribution in [2.45, 2.75) is 69.9 Å². The quantitative estimate of drug-likeness (QED) is 0.465. The number of anilines is 1. The maximum absolute atomic E-state index is 12.8. The average Bonchev–Trinajstić information content (AvgIpc) is 3.26. The van der Waals surface area contributed by atoms with E-state index in [2.05, 4.69) is 20.5 Å². The minimum atomic E-state index is -0.957. The molecule has 4 N–H and O–H groups in total. The highest BCUT2D eigenvalue weighted by molar-refractivity contribution is 7.13. The second kappa shape index (κ2) is 13.8. The maximum atomic E-state index is 12.8. The molecule has 10 heteroatoms. The molecule has 0 radical (unpaired) electrons. The molecule has 0 aromatic carbocycles. The van der Waals surface area contributed by atoms with Crippen LogP contribution in [0.4, 0.5) is 9.93 Å². The van der Waals surface area contributed by atoms with Crippen LogP contribution in [0.15, 0.2) is 23.7 Å². The van der Waals surface area contributed by atoms with Gasteiger partial charge in [0.25, 0.3) is 0 Å². The Morgan fingerprint density at radius 3 is 2.13 bits per heavy atom. The van der Waals surface area contributed by atoms with Gasteiger partial charge in [0.05, 0.1) is 12.8 Å². The first kappa shape index (κ1) is 24.8. The van der Waals surface area contributed by atoms with E-state index in [0.717, 1.165) is 38.8 Å². The molecule has 2 amide bonds. The van der Waals surface area contributed by atoms with Crippen LogP contribution in [-0.2, 0) is 9.59 Å². The van der Waals surface area contributed by atoms with Gasteiger partial charge in [0.1, 0.15) is 0 Å². The number of rotatable bonds is 7. The van der Waals surface area contributed by atoms with Crippen molar-refractivity contribution >= 4 is 34.4 Å². The van der Waals surface area contributed by atoms with Gasteiger partial charge in [-0.05, 0) is 38.8 Å². The lowest BCUT2D eigenvalue weighted by Crippen LogP contribution is -2.53. The number of amides is 2. The van der Waals surface area contributed by atoms with E-state index < -0.39 is 11.9 Å². The summed E-state index contributed by atoms with van der Waals surface area (Å²) in [6.07, 6.45) is 12.3. The first-order valence-corrected chi connectivity index (χ1v) is 11.6. The number of nitrogens with zero attached hydrogens (tertiary/aromatic N) is 2. The third-order valence-electron chi connectivity index (χ3n) is 5.30. The highest BCUT2D eigenvalue weighted by Gasteiger charge is 2.32. The number of aromatic nitrogens is 1. The van der Waals surface area contributed by atoms with E-state index in [1.807, 2.05) is 5.38 Å². The third-order valence-corrected chi connectivity index (χ3v) is 5.99. The van der Waals surface area contributed by atoms with Gasteiger partial charge in [-0.3, -0.25) is 14.9 Å². The number of piperidine rings is 1. The predicted molar refractivity (Wildman–Crippen MR) is 119 cm³/mol. The molecule has 1 aliphatic carbocycles. The molecule has 3 rings (SSSR count). The van der Waals surface area contributed by atoms with E-state index in [0.29, 0.717) is 17.2 Å². The Morgan fingerprint density at radius 2 is 1.61 bits per heavy atom. The summed E-state index contributed by atoms with van der Waals surface area (Å²) in [6, 6.07) is 0.819. The Labute approximate surface area is 186 Å². The van der Waals surface area contributed by atoms with E-state index in [-0.39, 0.29) is 18.9 Å². The third kappa shape index (κ3) is 9.48. The second-order valence-corrected chi connectivity index (χ2v) is 8.51. The molecule has 1 aliphatic heterocycles. The SMILES string of the molecule is O=C(Nc1nccs1)N(C1CCCCC1)C1CCNCC1.O=C(O)C/C=C/CC(=O)O. The van der Waals surface area contributed by atoms with Crippen molar-refractivity contribution in [1.29, 1.82) is 0 Å². The molecule has 172 valence electrons. The lowest BCUT2D eigenvalue weighted by atomic mass is 9.92. The van der Waals surface area contributed by atoms with Crippen LogP contribution in [0.2, 0.25) is 0 Å². The first-order chi connectivity index (χ1) is 15.0. The fraction of sp³-hybridized carbons (Fsp3) is 0.619. The van der Waals surface area contributed by atoms with Crippen LogP contribution in [-0.4, -0.2) is 63.2 Å². The molecule has 0 bridgehead atoms. The van der Waals surface area contributed by atoms with Crippen molar-refractivity contribution in [2.75, 3.05) is 18.4 Å². The van der Waals surface area contributed by atoms with Crippen LogP contribution >= 0.6 is 11.3 Å². The molecule has 1 saturated heterocycles. The zero-order valence-electron chi connectivity index (χ0n) is 17.7. The summed E-state index contributed by atoms with van der Waals surface area (Å²) in [5.74, 6) is -1.91. The van der Waals surface area contributed by atoms with E-state index in [1.54, 1.807) is 6.20 Å². The minimum absolute atomic E-state index is 0.0451. The molecule has 0 unspecified atom stereocenters. The summed E-state index contributed by atoms with van der Waals surface area (Å²) in [5, 5.41) is 25.1. The standard InChI is InChI=1S/C15H24N4OS.C6H8O4/c20-15(18-14-17-10-11-21-14)19(12-4-2-1-3-5-12)13-6-8-16-9-7-13;7-5(8)3-1-2-4-6(9)10/h10-13,16H,1-9H2,(H,17,18,20);1-2H,3-4H2,(H,7,8)(H,9,10)/b;2-1+. The lowest BCUT2D eigenvalue weighted by molar-refractivity contribution is -0.137. The molecule has 2 heterocycles. The molecule has 1 aromatic rings. The monoisotopic (exact) mass is 452 g/mol. The largest absolute Gasteiger partial charge is 0.481 e. The number of carboxylic acids is 2. The van der Waals surface area contributed by atoms with E-state index in [9.17, 15) is 14.4 Å². The van der Waals surface area contributed by atoms with Crippen molar-refractivity contribution in [2.24, 2.45) is 0 Å². The normalized spacial score (nSPS) is 17.5. The summed E-state index contributed by atoms with van der Waals surface area (Å²) in [7, 11) is 0. The Morgan fingerprint density at radius 1 is 1.03 bits per heavy atom. The van der Waals surface area contributed by atoms with Gasteiger partial charge in [0.15, 0.2) is 5.13 Å². The highest BCUT2D eigenvalue weighted by atomic mass is 32.1. The van der Waals surface area contributed by atoms with Crippen LogP contribution in [0.25, 0.3) is 0 Å². The molecule has 31 heavy (non-hydrogen) atoms. The minimum Gasteiger partial charge on any atom is -0.481 e. The molecular weight excluding hydrogens is 420 g/mol. The molecule has 0 spiro atoms. The number of hydrogen-bond donors (Lipinski definition) is 4. The van der Waals surface area contributed by atoms with Crippen LogP contribution in [0.3, 0.4) is 0 Å². The number of urea groups is 1. The van der Waals surface area contributed by atoms with Crippen molar-refractivity contribution in [3.05, 3.63) is 23.7 Å². The van der Waals surface area contributed by atoms with Gasteiger partial charge < -0.3 is 20.4 Å². The summed E-state index contributed by atoms with van der Waals surface area (Å²) >= 11 is 1.48. The first-order valence-electron chi connectivity index (χ1n) is 10.8. The van der Waals surface area contributed by atoms with E-state index in [4.69, 9.17) is 10.2 Å². The number of aliphatic carboxylic acids is 2. The van der Waals surface area contributed by atoms with Gasteiger partial charge in [0, 0.05) is 23.7 Å². The molecule has 1 aromatic heterocycles. The average molecular weight is 453 g/mol. The molecule has 1 saturated carbocycles. The molecule has 0 atom stereocenters. The molecule has 2 aliphatic rings. The van der Waals surface area contributed by atoms with Gasteiger partial charge in [-0.2, -0.15) is 0 Å². The van der Waals surface area contributed by atoms with Crippen LogP contribution in [0, 0.1) is 0 Å². The predicted octanol–water partition coefficient (Wildman–Crippen LogP) is 3.55. The van der Waals surface area contributed by atoms with Crippen molar-refractivity contribution < 1.29 is 24.6 Å². The maximum Gasteiger partial charge on any atom is 0.324 e. The fourth-order valence-electron chi connectivity index (χ4n) is 3.88. The number of carbonyl (C=O) groups is 3. The van der Waals surface area contributed by atoms with Gasteiger partial charge in [-0.1, -0.05) is 31.4 Å². The van der Waals surface area contributed by atoms with Gasteiger partial charge in [-0.15, -0.1) is 11.3 Å². The number of carboxylic acid groups (broad SMARTS) is 2. The van der Waals surface area contributed by atoms with Crippen LogP contribution < -0.4 is 10.6 Å². The Bertz CT molecular complexity index is 677. The Balaban J connectivity index is 0.000000291. The lowest BCUT2D eigenvalue weighted by Gasteiger charge is -2.41. The van der Waals surface area contributed by atoms with Crippen molar-refractivity contribution in [3.8, 4) is 0 Å². The van der Waals surface area contributed by atoms with Crippen molar-refractivity contribution in [3.63, 3.8) is 0 Å². The summed E-state index contributed by atoms with van der Waals surface area (Å²) < 4.78 is 0. The van der Waals surface area contributed by atoms with E-state index >= 15 is 0 Å². The van der Waals surface area contributed by atoms with Gasteiger partial charge >= 0.3 is 18.0 Å². The van der Waals surface area contributed by atoms with E-state index in [1.165, 1.54) is 42.8 Å².